The van der Waals surface area contributed by atoms with Gasteiger partial charge in [-0.2, -0.15) is 0 Å². The zero-order valence-electron chi connectivity index (χ0n) is 6.23. The van der Waals surface area contributed by atoms with E-state index in [4.69, 9.17) is 4.74 Å². The van der Waals surface area contributed by atoms with Crippen LogP contribution in [0.1, 0.15) is 18.6 Å². The number of ether oxygens (including phenoxy) is 1. The molecule has 0 aliphatic rings. The van der Waals surface area contributed by atoms with Crippen LogP contribution in [0.5, 0.6) is 0 Å². The summed E-state index contributed by atoms with van der Waals surface area (Å²) in [5.41, 5.74) is 0.951. The van der Waals surface area contributed by atoms with Crippen LogP contribution >= 0.6 is 0 Å². The maximum absolute atomic E-state index is 9.95. The highest BCUT2D eigenvalue weighted by molar-refractivity contribution is 5.38. The molecule has 0 radical (unpaired) electrons. The number of carbonyl (C=O) groups is 1. The van der Waals surface area contributed by atoms with Crippen LogP contribution in [-0.2, 0) is 9.53 Å². The van der Waals surface area contributed by atoms with Crippen LogP contribution in [-0.4, -0.2) is 11.5 Å². The van der Waals surface area contributed by atoms with E-state index in [1.54, 1.807) is 12.4 Å². The van der Waals surface area contributed by atoms with Gasteiger partial charge in [-0.3, -0.25) is 9.78 Å². The first-order valence-corrected chi connectivity index (χ1v) is 3.33. The van der Waals surface area contributed by atoms with Gasteiger partial charge in [-0.1, -0.05) is 0 Å². The summed E-state index contributed by atoms with van der Waals surface area (Å²) in [6.07, 6.45) is 3.15. The zero-order chi connectivity index (χ0) is 8.10. The second-order valence-electron chi connectivity index (χ2n) is 2.16. The minimum atomic E-state index is -0.185. The molecule has 1 atom stereocenters. The van der Waals surface area contributed by atoms with Crippen molar-refractivity contribution in [2.45, 2.75) is 13.0 Å². The molecule has 0 bridgehead atoms. The summed E-state index contributed by atoms with van der Waals surface area (Å²) in [7, 11) is 0. The van der Waals surface area contributed by atoms with Crippen molar-refractivity contribution in [3.8, 4) is 0 Å². The molecule has 0 saturated carbocycles. The second kappa shape index (κ2) is 3.71. The van der Waals surface area contributed by atoms with Crippen molar-refractivity contribution in [2.24, 2.45) is 0 Å². The number of aromatic nitrogens is 1. The third-order valence-corrected chi connectivity index (χ3v) is 1.44. The third kappa shape index (κ3) is 2.04. The first kappa shape index (κ1) is 7.72. The van der Waals surface area contributed by atoms with Crippen LogP contribution < -0.4 is 0 Å². The molecule has 0 amide bonds. The maximum atomic E-state index is 9.95. The third-order valence-electron chi connectivity index (χ3n) is 1.44. The number of hydrogen-bond acceptors (Lipinski definition) is 3. The van der Waals surface area contributed by atoms with E-state index in [1.165, 1.54) is 0 Å². The SMILES string of the molecule is CC(OC=O)c1ccncc1. The van der Waals surface area contributed by atoms with Gasteiger partial charge in [0.25, 0.3) is 6.47 Å². The summed E-state index contributed by atoms with van der Waals surface area (Å²) < 4.78 is 4.72. The quantitative estimate of drug-likeness (QED) is 0.611. The molecule has 0 fully saturated rings. The predicted octanol–water partition coefficient (Wildman–Crippen LogP) is 1.32. The summed E-state index contributed by atoms with van der Waals surface area (Å²) in [6.45, 7) is 2.26. The Morgan fingerprint density at radius 3 is 2.73 bits per heavy atom. The predicted molar refractivity (Wildman–Crippen MR) is 39.8 cm³/mol. The zero-order valence-corrected chi connectivity index (χ0v) is 6.23. The standard InChI is InChI=1S/C8H9NO2/c1-7(11-6-10)8-2-4-9-5-3-8/h2-7H,1H3. The van der Waals surface area contributed by atoms with Crippen LogP contribution in [0.15, 0.2) is 24.5 Å². The van der Waals surface area contributed by atoms with Gasteiger partial charge in [-0.05, 0) is 24.6 Å². The lowest BCUT2D eigenvalue weighted by atomic mass is 10.2. The number of rotatable bonds is 3. The molecule has 1 rings (SSSR count). The number of hydrogen-bond donors (Lipinski definition) is 0. The molecule has 0 spiro atoms. The van der Waals surface area contributed by atoms with Crippen LogP contribution in [0.25, 0.3) is 0 Å². The van der Waals surface area contributed by atoms with E-state index in [2.05, 4.69) is 4.98 Å². The molecule has 1 unspecified atom stereocenters. The van der Waals surface area contributed by atoms with Crippen molar-refractivity contribution in [3.05, 3.63) is 30.1 Å². The summed E-state index contributed by atoms with van der Waals surface area (Å²) >= 11 is 0. The van der Waals surface area contributed by atoms with E-state index >= 15 is 0 Å². The van der Waals surface area contributed by atoms with Gasteiger partial charge in [0.05, 0.1) is 0 Å². The Kier molecular flexibility index (Phi) is 2.60. The van der Waals surface area contributed by atoms with Gasteiger partial charge in [0.2, 0.25) is 0 Å². The van der Waals surface area contributed by atoms with Gasteiger partial charge < -0.3 is 4.74 Å². The Morgan fingerprint density at radius 2 is 2.18 bits per heavy atom. The molecule has 58 valence electrons. The van der Waals surface area contributed by atoms with Gasteiger partial charge in [0.15, 0.2) is 0 Å². The first-order valence-electron chi connectivity index (χ1n) is 3.33. The van der Waals surface area contributed by atoms with Crippen molar-refractivity contribution < 1.29 is 9.53 Å². The van der Waals surface area contributed by atoms with Gasteiger partial charge in [0, 0.05) is 12.4 Å². The van der Waals surface area contributed by atoms with E-state index in [-0.39, 0.29) is 6.10 Å². The summed E-state index contributed by atoms with van der Waals surface area (Å²) in [4.78, 5) is 13.8. The fraction of sp³-hybridized carbons (Fsp3) is 0.250. The lowest BCUT2D eigenvalue weighted by Crippen LogP contribution is -1.97. The molecule has 11 heavy (non-hydrogen) atoms. The van der Waals surface area contributed by atoms with Crippen LogP contribution in [0.4, 0.5) is 0 Å². The number of nitrogens with zero attached hydrogens (tertiary/aromatic N) is 1. The molecule has 0 N–H and O–H groups in total. The largest absolute Gasteiger partial charge is 0.460 e. The summed E-state index contributed by atoms with van der Waals surface area (Å²) in [6, 6.07) is 3.63. The Labute approximate surface area is 65.0 Å². The topological polar surface area (TPSA) is 39.2 Å². The monoisotopic (exact) mass is 151 g/mol. The van der Waals surface area contributed by atoms with E-state index in [1.807, 2.05) is 19.1 Å². The minimum absolute atomic E-state index is 0.185. The highest BCUT2D eigenvalue weighted by atomic mass is 16.5. The smallest absolute Gasteiger partial charge is 0.293 e. The van der Waals surface area contributed by atoms with Crippen molar-refractivity contribution in [2.75, 3.05) is 0 Å². The fourth-order valence-corrected chi connectivity index (χ4v) is 0.796. The lowest BCUT2D eigenvalue weighted by molar-refractivity contribution is -0.133. The average Bonchev–Trinajstić information content (AvgIpc) is 2.07. The average molecular weight is 151 g/mol. The van der Waals surface area contributed by atoms with Crippen LogP contribution in [0.3, 0.4) is 0 Å². The van der Waals surface area contributed by atoms with Crippen molar-refractivity contribution >= 4 is 6.47 Å². The molecule has 0 aromatic carbocycles. The highest BCUT2D eigenvalue weighted by Crippen LogP contribution is 2.13. The van der Waals surface area contributed by atoms with Crippen molar-refractivity contribution in [1.82, 2.24) is 4.98 Å². The maximum Gasteiger partial charge on any atom is 0.293 e. The molecule has 1 aromatic heterocycles. The summed E-state index contributed by atoms with van der Waals surface area (Å²) in [5, 5.41) is 0. The van der Waals surface area contributed by atoms with Crippen LogP contribution in [0, 0.1) is 0 Å². The van der Waals surface area contributed by atoms with Gasteiger partial charge in [-0.25, -0.2) is 0 Å². The van der Waals surface area contributed by atoms with Gasteiger partial charge in [0.1, 0.15) is 6.10 Å². The Morgan fingerprint density at radius 1 is 1.55 bits per heavy atom. The molecule has 0 aliphatic carbocycles. The Bertz CT molecular complexity index is 223. The molecule has 0 saturated heterocycles. The molecule has 3 nitrogen and oxygen atoms in total. The molecule has 0 aliphatic heterocycles. The number of pyridine rings is 1. The number of carbonyl (C=O) groups excluding carboxylic acids is 1. The minimum Gasteiger partial charge on any atom is -0.460 e. The van der Waals surface area contributed by atoms with Gasteiger partial charge >= 0.3 is 0 Å². The van der Waals surface area contributed by atoms with Crippen molar-refractivity contribution in [1.29, 1.82) is 0 Å². The van der Waals surface area contributed by atoms with Crippen molar-refractivity contribution in [3.63, 3.8) is 0 Å². The fourth-order valence-electron chi connectivity index (χ4n) is 0.796. The van der Waals surface area contributed by atoms with Gasteiger partial charge in [-0.15, -0.1) is 0 Å². The van der Waals surface area contributed by atoms with E-state index < -0.39 is 0 Å². The van der Waals surface area contributed by atoms with E-state index in [9.17, 15) is 4.79 Å². The van der Waals surface area contributed by atoms with E-state index in [0.29, 0.717) is 6.47 Å². The Hall–Kier alpha value is -1.38. The summed E-state index contributed by atoms with van der Waals surface area (Å²) in [5.74, 6) is 0. The Balaban J connectivity index is 2.68. The molecular formula is C8H9NO2. The first-order chi connectivity index (χ1) is 5.34. The van der Waals surface area contributed by atoms with E-state index in [0.717, 1.165) is 5.56 Å². The van der Waals surface area contributed by atoms with Crippen LogP contribution in [0.2, 0.25) is 0 Å². The lowest BCUT2D eigenvalue weighted by Gasteiger charge is -2.07. The second-order valence-corrected chi connectivity index (χ2v) is 2.16. The molecule has 1 aromatic rings. The molecular weight excluding hydrogens is 142 g/mol. The molecule has 1 heterocycles. The molecule has 3 heteroatoms. The normalized spacial score (nSPS) is 12.1. The highest BCUT2D eigenvalue weighted by Gasteiger charge is 2.02.